The van der Waals surface area contributed by atoms with E-state index in [-0.39, 0.29) is 18.7 Å². The summed E-state index contributed by atoms with van der Waals surface area (Å²) in [7, 11) is 0. The lowest BCUT2D eigenvalue weighted by Crippen LogP contribution is -2.42. The molecule has 2 aliphatic heterocycles. The minimum absolute atomic E-state index is 0.000915. The number of carbonyl (C=O) groups excluding carboxylic acids is 1. The van der Waals surface area contributed by atoms with Crippen LogP contribution < -0.4 is 5.32 Å². The smallest absolute Gasteiger partial charge is 0.316 e. The molecule has 0 aromatic heterocycles. The molecule has 0 amide bonds. The van der Waals surface area contributed by atoms with Crippen molar-refractivity contribution in [3.63, 3.8) is 0 Å². The molecule has 2 saturated heterocycles. The van der Waals surface area contributed by atoms with E-state index in [4.69, 9.17) is 4.74 Å². The molecule has 0 spiro atoms. The number of carbonyl (C=O) groups is 1. The zero-order valence-corrected chi connectivity index (χ0v) is 11.5. The van der Waals surface area contributed by atoms with E-state index in [1.54, 1.807) is 0 Å². The Morgan fingerprint density at radius 1 is 1.25 bits per heavy atom. The summed E-state index contributed by atoms with van der Waals surface area (Å²) in [4.78, 5) is 12.3. The van der Waals surface area contributed by atoms with Crippen LogP contribution >= 0.6 is 0 Å². The third kappa shape index (κ3) is 2.86. The zero-order chi connectivity index (χ0) is 13.9. The van der Waals surface area contributed by atoms with Crippen LogP contribution in [0.3, 0.4) is 0 Å². The van der Waals surface area contributed by atoms with E-state index >= 15 is 0 Å². The molecule has 2 fully saturated rings. The fourth-order valence-electron chi connectivity index (χ4n) is 3.35. The molecule has 20 heavy (non-hydrogen) atoms. The van der Waals surface area contributed by atoms with Gasteiger partial charge in [0.25, 0.3) is 0 Å². The highest BCUT2D eigenvalue weighted by molar-refractivity contribution is 5.78. The molecule has 1 aromatic rings. The van der Waals surface area contributed by atoms with E-state index in [1.807, 2.05) is 30.3 Å². The lowest BCUT2D eigenvalue weighted by Gasteiger charge is -2.29. The summed E-state index contributed by atoms with van der Waals surface area (Å²) >= 11 is 0. The van der Waals surface area contributed by atoms with Gasteiger partial charge in [-0.1, -0.05) is 30.3 Å². The molecule has 4 atom stereocenters. The second-order valence-corrected chi connectivity index (χ2v) is 5.81. The van der Waals surface area contributed by atoms with Gasteiger partial charge in [-0.15, -0.1) is 0 Å². The van der Waals surface area contributed by atoms with Gasteiger partial charge in [0, 0.05) is 12.1 Å². The molecule has 3 rings (SSSR count). The summed E-state index contributed by atoms with van der Waals surface area (Å²) in [6.45, 7) is -0.208. The average molecular weight is 275 g/mol. The number of esters is 1. The number of aliphatic hydroxyl groups is 1. The van der Waals surface area contributed by atoms with E-state index < -0.39 is 5.92 Å². The van der Waals surface area contributed by atoms with Crippen molar-refractivity contribution in [2.45, 2.75) is 49.8 Å². The van der Waals surface area contributed by atoms with Crippen LogP contribution in [0.4, 0.5) is 0 Å². The summed E-state index contributed by atoms with van der Waals surface area (Å²) in [5, 5.41) is 13.0. The number of fused-ring (bicyclic) bond motifs is 2. The molecule has 108 valence electrons. The van der Waals surface area contributed by atoms with Crippen LogP contribution in [-0.4, -0.2) is 35.9 Å². The Hall–Kier alpha value is -1.39. The van der Waals surface area contributed by atoms with E-state index in [9.17, 15) is 9.90 Å². The molecule has 0 saturated carbocycles. The summed E-state index contributed by atoms with van der Waals surface area (Å²) in [5.74, 6) is -0.867. The Balaban J connectivity index is 1.63. The number of aliphatic hydroxyl groups excluding tert-OH is 1. The highest BCUT2D eigenvalue weighted by Crippen LogP contribution is 2.29. The van der Waals surface area contributed by atoms with E-state index in [0.29, 0.717) is 12.1 Å². The summed E-state index contributed by atoms with van der Waals surface area (Å²) in [5.41, 5.74) is 0.817. The molecular formula is C16H21NO3. The number of benzene rings is 1. The Morgan fingerprint density at radius 2 is 1.90 bits per heavy atom. The number of rotatable bonds is 4. The van der Waals surface area contributed by atoms with Crippen molar-refractivity contribution in [2.24, 2.45) is 0 Å². The van der Waals surface area contributed by atoms with Gasteiger partial charge in [0.15, 0.2) is 0 Å². The van der Waals surface area contributed by atoms with E-state index in [0.717, 1.165) is 18.4 Å². The average Bonchev–Trinajstić information content (AvgIpc) is 2.80. The highest BCUT2D eigenvalue weighted by atomic mass is 16.5. The van der Waals surface area contributed by atoms with Crippen LogP contribution in [0.15, 0.2) is 30.3 Å². The molecule has 2 bridgehead atoms. The number of hydrogen-bond donors (Lipinski definition) is 2. The topological polar surface area (TPSA) is 58.6 Å². The second kappa shape index (κ2) is 5.94. The maximum absolute atomic E-state index is 12.3. The Kier molecular flexibility index (Phi) is 4.03. The van der Waals surface area contributed by atoms with E-state index in [2.05, 4.69) is 5.32 Å². The first-order chi connectivity index (χ1) is 9.76. The normalized spacial score (nSPS) is 29.9. The van der Waals surface area contributed by atoms with Gasteiger partial charge in [0.05, 0.1) is 6.61 Å². The number of ether oxygens (including phenoxy) is 1. The third-order valence-corrected chi connectivity index (χ3v) is 4.38. The Bertz CT molecular complexity index is 450. The maximum atomic E-state index is 12.3. The van der Waals surface area contributed by atoms with E-state index in [1.165, 1.54) is 12.8 Å². The van der Waals surface area contributed by atoms with Gasteiger partial charge in [-0.2, -0.15) is 0 Å². The van der Waals surface area contributed by atoms with Gasteiger partial charge in [-0.3, -0.25) is 4.79 Å². The summed E-state index contributed by atoms with van der Waals surface area (Å²) in [6, 6.07) is 10.3. The minimum Gasteiger partial charge on any atom is -0.462 e. The lowest BCUT2D eigenvalue weighted by molar-refractivity contribution is -0.153. The third-order valence-electron chi connectivity index (χ3n) is 4.38. The zero-order valence-electron chi connectivity index (χ0n) is 11.5. The van der Waals surface area contributed by atoms with Crippen molar-refractivity contribution in [1.29, 1.82) is 0 Å². The van der Waals surface area contributed by atoms with Crippen molar-refractivity contribution >= 4 is 5.97 Å². The lowest BCUT2D eigenvalue weighted by atomic mass is 9.99. The number of hydrogen-bond acceptors (Lipinski definition) is 4. The van der Waals surface area contributed by atoms with Crippen LogP contribution in [0.5, 0.6) is 0 Å². The predicted octanol–water partition coefficient (Wildman–Crippen LogP) is 1.59. The van der Waals surface area contributed by atoms with Crippen LogP contribution in [0.2, 0.25) is 0 Å². The van der Waals surface area contributed by atoms with Crippen LogP contribution in [-0.2, 0) is 9.53 Å². The first-order valence-electron chi connectivity index (χ1n) is 7.38. The summed E-state index contributed by atoms with van der Waals surface area (Å²) < 4.78 is 5.64. The standard InChI is InChI=1S/C16H21NO3/c18-10-15(11-4-2-1-3-5-11)16(19)20-14-8-12-6-7-13(9-14)17-12/h1-5,12-15,17-18H,6-10H2/t12-,13+,14?,15?. The number of nitrogens with one attached hydrogen (secondary N) is 1. The van der Waals surface area contributed by atoms with Gasteiger partial charge in [0.2, 0.25) is 0 Å². The quantitative estimate of drug-likeness (QED) is 0.819. The van der Waals surface area contributed by atoms with Crippen molar-refractivity contribution < 1.29 is 14.6 Å². The fraction of sp³-hybridized carbons (Fsp3) is 0.562. The molecule has 2 N–H and O–H groups in total. The monoisotopic (exact) mass is 275 g/mol. The molecule has 0 radical (unpaired) electrons. The molecule has 0 aliphatic carbocycles. The summed E-state index contributed by atoms with van der Waals surface area (Å²) in [6.07, 6.45) is 4.16. The van der Waals surface area contributed by atoms with Gasteiger partial charge in [-0.25, -0.2) is 0 Å². The van der Waals surface area contributed by atoms with Gasteiger partial charge in [-0.05, 0) is 31.2 Å². The van der Waals surface area contributed by atoms with Gasteiger partial charge in [0.1, 0.15) is 12.0 Å². The Labute approximate surface area is 119 Å². The van der Waals surface area contributed by atoms with Gasteiger partial charge >= 0.3 is 5.97 Å². The van der Waals surface area contributed by atoms with Crippen molar-refractivity contribution in [1.82, 2.24) is 5.32 Å². The largest absolute Gasteiger partial charge is 0.462 e. The molecule has 1 aromatic carbocycles. The fourth-order valence-corrected chi connectivity index (χ4v) is 3.35. The van der Waals surface area contributed by atoms with Crippen LogP contribution in [0, 0.1) is 0 Å². The van der Waals surface area contributed by atoms with Crippen molar-refractivity contribution in [3.8, 4) is 0 Å². The Morgan fingerprint density at radius 3 is 2.50 bits per heavy atom. The first kappa shape index (κ1) is 13.6. The van der Waals surface area contributed by atoms with Crippen molar-refractivity contribution in [3.05, 3.63) is 35.9 Å². The highest BCUT2D eigenvalue weighted by Gasteiger charge is 2.36. The SMILES string of the molecule is O=C(OC1C[C@H]2CC[C@@H](C1)N2)C(CO)c1ccccc1. The predicted molar refractivity (Wildman–Crippen MR) is 75.3 cm³/mol. The van der Waals surface area contributed by atoms with Crippen LogP contribution in [0.1, 0.15) is 37.2 Å². The minimum atomic E-state index is -0.566. The first-order valence-corrected chi connectivity index (χ1v) is 7.38. The molecule has 2 heterocycles. The second-order valence-electron chi connectivity index (χ2n) is 5.81. The molecular weight excluding hydrogens is 254 g/mol. The molecule has 2 aliphatic rings. The van der Waals surface area contributed by atoms with Crippen molar-refractivity contribution in [2.75, 3.05) is 6.61 Å². The van der Waals surface area contributed by atoms with Gasteiger partial charge < -0.3 is 15.2 Å². The molecule has 4 nitrogen and oxygen atoms in total. The van der Waals surface area contributed by atoms with Crippen LogP contribution in [0.25, 0.3) is 0 Å². The molecule has 2 unspecified atom stereocenters. The molecule has 4 heteroatoms. The number of piperidine rings is 1. The maximum Gasteiger partial charge on any atom is 0.316 e.